The number of methoxy groups -OCH3 is 1. The second-order valence-corrected chi connectivity index (χ2v) is 7.90. The normalized spacial score (nSPS) is 15.7. The maximum atomic E-state index is 12.4. The summed E-state index contributed by atoms with van der Waals surface area (Å²) < 4.78 is 21.7. The molecule has 12 heteroatoms. The van der Waals surface area contributed by atoms with Crippen LogP contribution < -0.4 is 30.3 Å². The lowest BCUT2D eigenvalue weighted by Crippen LogP contribution is -2.45. The van der Waals surface area contributed by atoms with E-state index in [0.29, 0.717) is 40.7 Å². The second kappa shape index (κ2) is 13.5. The number of hydrogen-bond donors (Lipinski definition) is 4. The molecule has 2 atom stereocenters. The first kappa shape index (κ1) is 27.8. The zero-order valence-corrected chi connectivity index (χ0v) is 21.2. The van der Waals surface area contributed by atoms with Crippen LogP contribution in [0.25, 0.3) is 0 Å². The third kappa shape index (κ3) is 7.14. The Morgan fingerprint density at radius 1 is 1.21 bits per heavy atom. The van der Waals surface area contributed by atoms with Crippen LogP contribution in [0.4, 0.5) is 4.79 Å². The zero-order valence-electron chi connectivity index (χ0n) is 21.2. The summed E-state index contributed by atoms with van der Waals surface area (Å²) in [5.74, 6) is 0.611. The smallest absolute Gasteiger partial charge is 0.337 e. The molecule has 0 spiro atoms. The van der Waals surface area contributed by atoms with Crippen molar-refractivity contribution in [3.05, 3.63) is 64.9 Å². The third-order valence-corrected chi connectivity index (χ3v) is 5.31. The number of carbonyl (C=O) groups is 2. The lowest BCUT2D eigenvalue weighted by molar-refractivity contribution is -0.136. The van der Waals surface area contributed by atoms with E-state index in [-0.39, 0.29) is 18.8 Å². The van der Waals surface area contributed by atoms with E-state index in [1.54, 1.807) is 56.3 Å². The van der Waals surface area contributed by atoms with Crippen molar-refractivity contribution < 1.29 is 33.6 Å². The van der Waals surface area contributed by atoms with Crippen LogP contribution in [0.5, 0.6) is 17.2 Å². The van der Waals surface area contributed by atoms with E-state index in [1.807, 2.05) is 6.07 Å². The first-order chi connectivity index (χ1) is 18.4. The Hall–Kier alpha value is -4.76. The number of esters is 1. The van der Waals surface area contributed by atoms with Gasteiger partial charge in [-0.1, -0.05) is 18.2 Å². The predicted molar refractivity (Wildman–Crippen MR) is 137 cm³/mol. The average Bonchev–Trinajstić information content (AvgIpc) is 2.91. The molecule has 2 amide bonds. The number of para-hydroxylation sites is 1. The molecular formula is C26H29N5O7. The van der Waals surface area contributed by atoms with Crippen molar-refractivity contribution in [2.24, 2.45) is 5.10 Å². The number of nitriles is 1. The Kier molecular flexibility index (Phi) is 9.90. The molecule has 1 aliphatic heterocycles. The SMILES string of the molecule is CCOc1cc([C@H]2NC(=O)NC(C)=C2C(=O)OC)ccc1OC[C@H](O)N/N=C\c1ccccc1OCC#N. The van der Waals surface area contributed by atoms with Crippen LogP contribution in [-0.4, -0.2) is 56.5 Å². The second-order valence-electron chi connectivity index (χ2n) is 7.90. The van der Waals surface area contributed by atoms with E-state index >= 15 is 0 Å². The van der Waals surface area contributed by atoms with Crippen LogP contribution >= 0.6 is 0 Å². The number of carbonyl (C=O) groups excluding carboxylic acids is 2. The number of nitrogens with zero attached hydrogens (tertiary/aromatic N) is 2. The molecule has 2 aromatic rings. The van der Waals surface area contributed by atoms with Gasteiger partial charge in [-0.2, -0.15) is 10.4 Å². The van der Waals surface area contributed by atoms with Gasteiger partial charge in [0.2, 0.25) is 0 Å². The number of hydrazone groups is 1. The molecular weight excluding hydrogens is 494 g/mol. The molecule has 1 aliphatic rings. The summed E-state index contributed by atoms with van der Waals surface area (Å²) >= 11 is 0. The first-order valence-electron chi connectivity index (χ1n) is 11.7. The molecule has 0 unspecified atom stereocenters. The number of benzene rings is 2. The Labute approximate surface area is 219 Å². The molecule has 0 fully saturated rings. The standard InChI is InChI=1S/C26H29N5O7/c1-4-36-21-13-17(24-23(25(33)35-3)16(2)29-26(34)30-24)9-10-20(21)38-15-22(32)31-28-14-18-7-5-6-8-19(18)37-12-11-27/h5-10,13-14,22,24,31-32H,4,12,15H2,1-3H3,(H2,29,30,34)/b28-14-/t22-,24+/m0/s1. The first-order valence-corrected chi connectivity index (χ1v) is 11.7. The summed E-state index contributed by atoms with van der Waals surface area (Å²) in [7, 11) is 1.27. The van der Waals surface area contributed by atoms with Crippen molar-refractivity contribution in [3.8, 4) is 23.3 Å². The Balaban J connectivity index is 1.69. The number of rotatable bonds is 12. The quantitative estimate of drug-likeness (QED) is 0.141. The monoisotopic (exact) mass is 523 g/mol. The highest BCUT2D eigenvalue weighted by Crippen LogP contribution is 2.34. The lowest BCUT2D eigenvalue weighted by atomic mass is 9.95. The largest absolute Gasteiger partial charge is 0.490 e. The average molecular weight is 524 g/mol. The van der Waals surface area contributed by atoms with Gasteiger partial charge >= 0.3 is 12.0 Å². The van der Waals surface area contributed by atoms with Gasteiger partial charge < -0.3 is 34.7 Å². The molecule has 0 aromatic heterocycles. The van der Waals surface area contributed by atoms with Gasteiger partial charge in [-0.15, -0.1) is 0 Å². The van der Waals surface area contributed by atoms with Crippen LogP contribution in [0.15, 0.2) is 58.8 Å². The van der Waals surface area contributed by atoms with Crippen molar-refractivity contribution in [1.82, 2.24) is 16.1 Å². The van der Waals surface area contributed by atoms with Gasteiger partial charge in [0.25, 0.3) is 0 Å². The Bertz CT molecular complexity index is 1250. The maximum Gasteiger partial charge on any atom is 0.337 e. The van der Waals surface area contributed by atoms with E-state index in [1.165, 1.54) is 13.3 Å². The van der Waals surface area contributed by atoms with E-state index in [9.17, 15) is 14.7 Å². The van der Waals surface area contributed by atoms with E-state index in [4.69, 9.17) is 24.2 Å². The molecule has 200 valence electrons. The van der Waals surface area contributed by atoms with Gasteiger partial charge in [-0.05, 0) is 43.7 Å². The maximum absolute atomic E-state index is 12.4. The summed E-state index contributed by atoms with van der Waals surface area (Å²) in [6.45, 7) is 3.48. The van der Waals surface area contributed by atoms with Crippen molar-refractivity contribution in [2.45, 2.75) is 26.1 Å². The van der Waals surface area contributed by atoms with Gasteiger partial charge in [0, 0.05) is 11.3 Å². The molecule has 2 aromatic carbocycles. The van der Waals surface area contributed by atoms with Gasteiger partial charge in [0.15, 0.2) is 24.3 Å². The van der Waals surface area contributed by atoms with Crippen molar-refractivity contribution in [1.29, 1.82) is 5.26 Å². The molecule has 3 rings (SSSR count). The van der Waals surface area contributed by atoms with Crippen LogP contribution in [0.1, 0.15) is 31.0 Å². The molecule has 0 saturated heterocycles. The highest BCUT2D eigenvalue weighted by molar-refractivity contribution is 5.95. The number of allylic oxidation sites excluding steroid dienone is 1. The van der Waals surface area contributed by atoms with Crippen LogP contribution in [-0.2, 0) is 9.53 Å². The Morgan fingerprint density at radius 2 is 2.00 bits per heavy atom. The number of aliphatic hydroxyl groups excluding tert-OH is 1. The molecule has 1 heterocycles. The highest BCUT2D eigenvalue weighted by atomic mass is 16.5. The number of hydrogen-bond acceptors (Lipinski definition) is 10. The van der Waals surface area contributed by atoms with E-state index < -0.39 is 24.3 Å². The number of ether oxygens (including phenoxy) is 4. The minimum Gasteiger partial charge on any atom is -0.490 e. The molecule has 38 heavy (non-hydrogen) atoms. The third-order valence-electron chi connectivity index (χ3n) is 5.31. The van der Waals surface area contributed by atoms with Gasteiger partial charge in [0.05, 0.1) is 31.5 Å². The van der Waals surface area contributed by atoms with Crippen LogP contribution in [0, 0.1) is 11.3 Å². The lowest BCUT2D eigenvalue weighted by Gasteiger charge is -2.28. The summed E-state index contributed by atoms with van der Waals surface area (Å²) in [6, 6.07) is 12.7. The summed E-state index contributed by atoms with van der Waals surface area (Å²) in [6.07, 6.45) is 0.297. The summed E-state index contributed by atoms with van der Waals surface area (Å²) in [4.78, 5) is 24.5. The summed E-state index contributed by atoms with van der Waals surface area (Å²) in [5.41, 5.74) is 4.41. The predicted octanol–water partition coefficient (Wildman–Crippen LogP) is 2.11. The fourth-order valence-electron chi connectivity index (χ4n) is 3.64. The van der Waals surface area contributed by atoms with Gasteiger partial charge in [0.1, 0.15) is 18.4 Å². The molecule has 0 aliphatic carbocycles. The molecule has 12 nitrogen and oxygen atoms in total. The van der Waals surface area contributed by atoms with Crippen molar-refractivity contribution in [2.75, 3.05) is 26.9 Å². The zero-order chi connectivity index (χ0) is 27.5. The van der Waals surface area contributed by atoms with Crippen molar-refractivity contribution >= 4 is 18.2 Å². The van der Waals surface area contributed by atoms with Gasteiger partial charge in [-0.25, -0.2) is 9.59 Å². The molecule has 0 saturated carbocycles. The van der Waals surface area contributed by atoms with E-state index in [0.717, 1.165) is 0 Å². The molecule has 0 radical (unpaired) electrons. The van der Waals surface area contributed by atoms with Crippen molar-refractivity contribution in [3.63, 3.8) is 0 Å². The number of amides is 2. The fourth-order valence-corrected chi connectivity index (χ4v) is 3.64. The minimum atomic E-state index is -1.16. The van der Waals surface area contributed by atoms with Crippen LogP contribution in [0.2, 0.25) is 0 Å². The van der Waals surface area contributed by atoms with E-state index in [2.05, 4.69) is 21.2 Å². The molecule has 4 N–H and O–H groups in total. The fraction of sp³-hybridized carbons (Fsp3) is 0.308. The van der Waals surface area contributed by atoms with Crippen LogP contribution in [0.3, 0.4) is 0 Å². The number of nitrogens with one attached hydrogen (secondary N) is 3. The number of aliphatic hydroxyl groups is 1. The summed E-state index contributed by atoms with van der Waals surface area (Å²) in [5, 5.41) is 28.3. The molecule has 0 bridgehead atoms. The topological polar surface area (TPSA) is 164 Å². The highest BCUT2D eigenvalue weighted by Gasteiger charge is 2.32. The minimum absolute atomic E-state index is 0.0976. The van der Waals surface area contributed by atoms with Gasteiger partial charge in [-0.3, -0.25) is 5.43 Å². The Morgan fingerprint density at radius 3 is 2.74 bits per heavy atom. The number of urea groups is 1.